The van der Waals surface area contributed by atoms with Gasteiger partial charge in [0.05, 0.1) is 18.1 Å². The summed E-state index contributed by atoms with van der Waals surface area (Å²) in [5.41, 5.74) is 1.17. The van der Waals surface area contributed by atoms with Gasteiger partial charge in [-0.05, 0) is 30.9 Å². The molecule has 0 aromatic heterocycles. The first kappa shape index (κ1) is 18.3. The van der Waals surface area contributed by atoms with Crippen LogP contribution in [-0.2, 0) is 19.6 Å². The Bertz CT molecular complexity index is 655. The number of carbonyl (C=O) groups is 1. The molecule has 1 amide bonds. The first-order valence-corrected chi connectivity index (χ1v) is 10.3. The third-order valence-electron chi connectivity index (χ3n) is 3.59. The number of thioether (sulfide) groups is 1. The van der Waals surface area contributed by atoms with Gasteiger partial charge in [-0.1, -0.05) is 6.07 Å². The number of carbonyl (C=O) groups excluding carboxylic acids is 1. The average molecular weight is 358 g/mol. The summed E-state index contributed by atoms with van der Waals surface area (Å²) in [6, 6.07) is 4.99. The van der Waals surface area contributed by atoms with E-state index < -0.39 is 10.0 Å². The van der Waals surface area contributed by atoms with E-state index in [0.717, 1.165) is 5.75 Å². The molecule has 0 aliphatic carbocycles. The van der Waals surface area contributed by atoms with E-state index in [4.69, 9.17) is 4.74 Å². The Hall–Kier alpha value is -1.09. The van der Waals surface area contributed by atoms with Crippen LogP contribution in [0, 0.1) is 6.92 Å². The Balaban J connectivity index is 2.21. The van der Waals surface area contributed by atoms with Gasteiger partial charge < -0.3 is 10.1 Å². The highest BCUT2D eigenvalue weighted by molar-refractivity contribution is 7.98. The topological polar surface area (TPSA) is 75.7 Å². The quantitative estimate of drug-likeness (QED) is 0.838. The summed E-state index contributed by atoms with van der Waals surface area (Å²) in [7, 11) is -3.57. The Morgan fingerprint density at radius 2 is 2.04 bits per heavy atom. The van der Waals surface area contributed by atoms with Crippen molar-refractivity contribution in [1.29, 1.82) is 0 Å². The molecule has 0 radical (unpaired) electrons. The molecule has 1 heterocycles. The minimum atomic E-state index is -3.57. The predicted octanol–water partition coefficient (Wildman–Crippen LogP) is 1.71. The van der Waals surface area contributed by atoms with Gasteiger partial charge in [0.2, 0.25) is 15.9 Å². The van der Waals surface area contributed by atoms with Crippen LogP contribution in [0.5, 0.6) is 0 Å². The molecule has 1 aromatic rings. The molecule has 0 atom stereocenters. The maximum absolute atomic E-state index is 12.8. The minimum absolute atomic E-state index is 0.113. The Kier molecular flexibility index (Phi) is 6.46. The number of nitrogens with one attached hydrogen (secondary N) is 1. The lowest BCUT2D eigenvalue weighted by Gasteiger charge is -2.26. The second-order valence-electron chi connectivity index (χ2n) is 5.29. The van der Waals surface area contributed by atoms with Crippen molar-refractivity contribution in [2.75, 3.05) is 43.6 Å². The van der Waals surface area contributed by atoms with Gasteiger partial charge in [0.1, 0.15) is 0 Å². The van der Waals surface area contributed by atoms with E-state index in [1.807, 2.05) is 6.26 Å². The molecule has 1 aliphatic rings. The highest BCUT2D eigenvalue weighted by Crippen LogP contribution is 2.24. The summed E-state index contributed by atoms with van der Waals surface area (Å²) in [4.78, 5) is 12.1. The summed E-state index contributed by atoms with van der Waals surface area (Å²) in [6.45, 7) is 3.28. The van der Waals surface area contributed by atoms with Crippen LogP contribution >= 0.6 is 11.8 Å². The second-order valence-corrected chi connectivity index (χ2v) is 8.18. The van der Waals surface area contributed by atoms with Crippen molar-refractivity contribution in [2.45, 2.75) is 18.2 Å². The lowest BCUT2D eigenvalue weighted by Crippen LogP contribution is -2.40. The van der Waals surface area contributed by atoms with E-state index >= 15 is 0 Å². The van der Waals surface area contributed by atoms with Gasteiger partial charge in [0.25, 0.3) is 0 Å². The number of benzene rings is 1. The molecular weight excluding hydrogens is 336 g/mol. The van der Waals surface area contributed by atoms with Crippen molar-refractivity contribution in [3.8, 4) is 0 Å². The molecule has 1 N–H and O–H groups in total. The summed E-state index contributed by atoms with van der Waals surface area (Å²) in [6.07, 6.45) is 2.34. The summed E-state index contributed by atoms with van der Waals surface area (Å²) in [5, 5.41) is 2.76. The molecular formula is C15H22N2O4S2. The maximum atomic E-state index is 12.8. The van der Waals surface area contributed by atoms with E-state index in [1.165, 1.54) is 10.4 Å². The predicted molar refractivity (Wildman–Crippen MR) is 92.4 cm³/mol. The smallest absolute Gasteiger partial charge is 0.243 e. The monoisotopic (exact) mass is 358 g/mol. The Labute approximate surface area is 141 Å². The normalized spacial score (nSPS) is 16.3. The van der Waals surface area contributed by atoms with Crippen LogP contribution in [0.1, 0.15) is 12.0 Å². The number of ether oxygens (including phenoxy) is 1. The number of anilines is 1. The zero-order valence-electron chi connectivity index (χ0n) is 13.4. The third-order valence-corrected chi connectivity index (χ3v) is 6.25. The number of rotatable bonds is 6. The van der Waals surface area contributed by atoms with Crippen LogP contribution in [-0.4, -0.2) is 56.9 Å². The molecule has 1 aliphatic heterocycles. The lowest BCUT2D eigenvalue weighted by atomic mass is 10.2. The van der Waals surface area contributed by atoms with Gasteiger partial charge in [-0.15, -0.1) is 0 Å². The van der Waals surface area contributed by atoms with E-state index in [-0.39, 0.29) is 10.8 Å². The SMILES string of the molecule is CSCCC(=O)Nc1ccc(C)c(S(=O)(=O)N2CCOCC2)c1. The first-order valence-electron chi connectivity index (χ1n) is 7.42. The van der Waals surface area contributed by atoms with Gasteiger partial charge in [-0.2, -0.15) is 16.1 Å². The van der Waals surface area contributed by atoms with Crippen molar-refractivity contribution < 1.29 is 17.9 Å². The molecule has 0 saturated carbocycles. The van der Waals surface area contributed by atoms with Crippen LogP contribution < -0.4 is 5.32 Å². The molecule has 1 saturated heterocycles. The van der Waals surface area contributed by atoms with E-state index in [0.29, 0.717) is 44.0 Å². The van der Waals surface area contributed by atoms with Gasteiger partial charge in [-0.25, -0.2) is 8.42 Å². The zero-order chi connectivity index (χ0) is 16.9. The number of amides is 1. The van der Waals surface area contributed by atoms with Gasteiger partial charge in [0, 0.05) is 31.0 Å². The molecule has 0 spiro atoms. The molecule has 1 aromatic carbocycles. The van der Waals surface area contributed by atoms with Crippen LogP contribution in [0.25, 0.3) is 0 Å². The lowest BCUT2D eigenvalue weighted by molar-refractivity contribution is -0.115. The fourth-order valence-electron chi connectivity index (χ4n) is 2.30. The highest BCUT2D eigenvalue weighted by atomic mass is 32.2. The zero-order valence-corrected chi connectivity index (χ0v) is 15.0. The number of nitrogens with zero attached hydrogens (tertiary/aromatic N) is 1. The number of sulfonamides is 1. The van der Waals surface area contributed by atoms with Crippen molar-refractivity contribution in [2.24, 2.45) is 0 Å². The number of aryl methyl sites for hydroxylation is 1. The third kappa shape index (κ3) is 4.69. The fourth-order valence-corrected chi connectivity index (χ4v) is 4.35. The molecule has 6 nitrogen and oxygen atoms in total. The van der Waals surface area contributed by atoms with Crippen LogP contribution in [0.4, 0.5) is 5.69 Å². The number of hydrogen-bond donors (Lipinski definition) is 1. The van der Waals surface area contributed by atoms with Crippen molar-refractivity contribution >= 4 is 33.4 Å². The van der Waals surface area contributed by atoms with E-state index in [1.54, 1.807) is 30.8 Å². The molecule has 0 bridgehead atoms. The number of morpholine rings is 1. The van der Waals surface area contributed by atoms with E-state index in [9.17, 15) is 13.2 Å². The van der Waals surface area contributed by atoms with Crippen molar-refractivity contribution in [3.05, 3.63) is 23.8 Å². The van der Waals surface area contributed by atoms with Crippen molar-refractivity contribution in [3.63, 3.8) is 0 Å². The van der Waals surface area contributed by atoms with Crippen LogP contribution in [0.3, 0.4) is 0 Å². The Morgan fingerprint density at radius 1 is 1.35 bits per heavy atom. The molecule has 23 heavy (non-hydrogen) atoms. The van der Waals surface area contributed by atoms with Crippen LogP contribution in [0.15, 0.2) is 23.1 Å². The molecule has 8 heteroatoms. The van der Waals surface area contributed by atoms with Crippen molar-refractivity contribution in [1.82, 2.24) is 4.31 Å². The maximum Gasteiger partial charge on any atom is 0.243 e. The van der Waals surface area contributed by atoms with Gasteiger partial charge in [0.15, 0.2) is 0 Å². The summed E-state index contributed by atoms with van der Waals surface area (Å²) < 4.78 is 32.2. The average Bonchev–Trinajstić information content (AvgIpc) is 2.55. The molecule has 2 rings (SSSR count). The summed E-state index contributed by atoms with van der Waals surface area (Å²) in [5.74, 6) is 0.620. The number of hydrogen-bond acceptors (Lipinski definition) is 5. The summed E-state index contributed by atoms with van der Waals surface area (Å²) >= 11 is 1.59. The molecule has 128 valence electrons. The minimum Gasteiger partial charge on any atom is -0.379 e. The van der Waals surface area contributed by atoms with Gasteiger partial charge in [-0.3, -0.25) is 4.79 Å². The fraction of sp³-hybridized carbons (Fsp3) is 0.533. The second kappa shape index (κ2) is 8.14. The van der Waals surface area contributed by atoms with E-state index in [2.05, 4.69) is 5.32 Å². The van der Waals surface area contributed by atoms with Crippen LogP contribution in [0.2, 0.25) is 0 Å². The van der Waals surface area contributed by atoms with Gasteiger partial charge >= 0.3 is 0 Å². The largest absolute Gasteiger partial charge is 0.379 e. The Morgan fingerprint density at radius 3 is 2.70 bits per heavy atom. The first-order chi connectivity index (χ1) is 10.9. The highest BCUT2D eigenvalue weighted by Gasteiger charge is 2.28. The molecule has 0 unspecified atom stereocenters. The standard InChI is InChI=1S/C15H22N2O4S2/c1-12-3-4-13(16-15(18)5-10-22-2)11-14(12)23(19,20)17-6-8-21-9-7-17/h3-4,11H,5-10H2,1-2H3,(H,16,18). The molecule has 1 fully saturated rings.